The van der Waals surface area contributed by atoms with E-state index in [-0.39, 0.29) is 0 Å². The van der Waals surface area contributed by atoms with Crippen LogP contribution in [0.1, 0.15) is 11.3 Å². The molecule has 4 nitrogen and oxygen atoms in total. The van der Waals surface area contributed by atoms with E-state index in [4.69, 9.17) is 4.42 Å². The number of aromatic nitrogens is 1. The number of oxazole rings is 1. The largest absolute Gasteiger partial charge is 0.444 e. The molecule has 1 aliphatic rings. The zero-order chi connectivity index (χ0) is 15.6. The average Bonchev–Trinajstić information content (AvgIpc) is 2.96. The quantitative estimate of drug-likeness (QED) is 0.946. The first-order chi connectivity index (χ1) is 10.5. The fourth-order valence-electron chi connectivity index (χ4n) is 2.41. The molecule has 0 bridgehead atoms. The number of rotatable bonds is 3. The maximum Gasteiger partial charge on any atom is 0.416 e. The lowest BCUT2D eigenvalue weighted by Crippen LogP contribution is -2.42. The fraction of sp³-hybridized carbons (Fsp3) is 0.400. The highest BCUT2D eigenvalue weighted by Gasteiger charge is 2.30. The molecule has 1 N–H and O–H groups in total. The first-order valence-corrected chi connectivity index (χ1v) is 7.07. The van der Waals surface area contributed by atoms with Crippen LogP contribution < -0.4 is 5.32 Å². The van der Waals surface area contributed by atoms with Crippen molar-refractivity contribution in [3.8, 4) is 11.5 Å². The van der Waals surface area contributed by atoms with Gasteiger partial charge in [0.25, 0.3) is 0 Å². The van der Waals surface area contributed by atoms with Crippen molar-refractivity contribution in [2.24, 2.45) is 0 Å². The predicted octanol–water partition coefficient (Wildman–Crippen LogP) is 2.77. The lowest BCUT2D eigenvalue weighted by Gasteiger charge is -2.25. The predicted molar refractivity (Wildman–Crippen MR) is 75.1 cm³/mol. The molecule has 3 rings (SSSR count). The molecule has 1 saturated heterocycles. The molecule has 0 aliphatic carbocycles. The second-order valence-corrected chi connectivity index (χ2v) is 5.25. The van der Waals surface area contributed by atoms with E-state index in [1.165, 1.54) is 12.1 Å². The second-order valence-electron chi connectivity index (χ2n) is 5.25. The van der Waals surface area contributed by atoms with E-state index in [0.29, 0.717) is 18.0 Å². The molecule has 1 aromatic carbocycles. The van der Waals surface area contributed by atoms with Gasteiger partial charge in [0.2, 0.25) is 5.89 Å². The van der Waals surface area contributed by atoms with Crippen LogP contribution in [0.3, 0.4) is 0 Å². The molecule has 118 valence electrons. The van der Waals surface area contributed by atoms with Crippen molar-refractivity contribution < 1.29 is 17.6 Å². The lowest BCUT2D eigenvalue weighted by atomic mass is 10.1. The number of benzene rings is 1. The van der Waals surface area contributed by atoms with Crippen LogP contribution in [-0.4, -0.2) is 36.1 Å². The molecule has 0 radical (unpaired) electrons. The van der Waals surface area contributed by atoms with Gasteiger partial charge in [-0.05, 0) is 24.3 Å². The van der Waals surface area contributed by atoms with Crippen LogP contribution in [0.2, 0.25) is 0 Å². The summed E-state index contributed by atoms with van der Waals surface area (Å²) in [6, 6.07) is 4.83. The summed E-state index contributed by atoms with van der Waals surface area (Å²) in [7, 11) is 0. The standard InChI is InChI=1S/C15H16F3N3O/c16-15(17,18)12-3-1-11(2-4-12)14-20-13(10-22-14)9-21-7-5-19-6-8-21/h1-4,10,19H,5-9H2. The first-order valence-electron chi connectivity index (χ1n) is 7.07. The van der Waals surface area contributed by atoms with Crippen LogP contribution in [0.4, 0.5) is 13.2 Å². The maximum atomic E-state index is 12.5. The smallest absolute Gasteiger partial charge is 0.416 e. The van der Waals surface area contributed by atoms with Crippen molar-refractivity contribution in [1.82, 2.24) is 15.2 Å². The first kappa shape index (κ1) is 15.1. The Morgan fingerprint density at radius 3 is 2.45 bits per heavy atom. The highest BCUT2D eigenvalue weighted by molar-refractivity contribution is 5.53. The van der Waals surface area contributed by atoms with Gasteiger partial charge in [0.15, 0.2) is 0 Å². The van der Waals surface area contributed by atoms with Crippen molar-refractivity contribution in [3.05, 3.63) is 41.8 Å². The third-order valence-electron chi connectivity index (χ3n) is 3.61. The summed E-state index contributed by atoms with van der Waals surface area (Å²) in [5, 5.41) is 3.27. The van der Waals surface area contributed by atoms with E-state index in [0.717, 1.165) is 44.0 Å². The van der Waals surface area contributed by atoms with Crippen LogP contribution in [-0.2, 0) is 12.7 Å². The molecule has 1 aromatic heterocycles. The number of nitrogens with zero attached hydrogens (tertiary/aromatic N) is 2. The highest BCUT2D eigenvalue weighted by Crippen LogP contribution is 2.30. The SMILES string of the molecule is FC(F)(F)c1ccc(-c2nc(CN3CCNCC3)co2)cc1. The molecule has 7 heteroatoms. The third-order valence-corrected chi connectivity index (χ3v) is 3.61. The Morgan fingerprint density at radius 1 is 1.14 bits per heavy atom. The van der Waals surface area contributed by atoms with Crippen molar-refractivity contribution in [2.45, 2.75) is 12.7 Å². The van der Waals surface area contributed by atoms with Gasteiger partial charge in [0.05, 0.1) is 11.3 Å². The molecular weight excluding hydrogens is 295 g/mol. The topological polar surface area (TPSA) is 41.3 Å². The zero-order valence-corrected chi connectivity index (χ0v) is 11.9. The Balaban J connectivity index is 1.70. The van der Waals surface area contributed by atoms with Crippen LogP contribution in [0.25, 0.3) is 11.5 Å². The van der Waals surface area contributed by atoms with Gasteiger partial charge in [-0.1, -0.05) is 0 Å². The van der Waals surface area contributed by atoms with Crippen molar-refractivity contribution in [1.29, 1.82) is 0 Å². The molecule has 0 spiro atoms. The monoisotopic (exact) mass is 311 g/mol. The number of halogens is 3. The molecule has 0 amide bonds. The van der Waals surface area contributed by atoms with E-state index in [9.17, 15) is 13.2 Å². The normalized spacial score (nSPS) is 16.9. The summed E-state index contributed by atoms with van der Waals surface area (Å²) in [5.41, 5.74) is 0.653. The fourth-order valence-corrected chi connectivity index (χ4v) is 2.41. The summed E-state index contributed by atoms with van der Waals surface area (Å²) < 4.78 is 43.0. The molecule has 22 heavy (non-hydrogen) atoms. The van der Waals surface area contributed by atoms with Gasteiger partial charge in [0, 0.05) is 38.3 Å². The van der Waals surface area contributed by atoms with Gasteiger partial charge >= 0.3 is 6.18 Å². The summed E-state index contributed by atoms with van der Waals surface area (Å²) >= 11 is 0. The number of piperazine rings is 1. The molecule has 2 aromatic rings. The Labute approximate surface area is 125 Å². The van der Waals surface area contributed by atoms with Gasteiger partial charge in [-0.15, -0.1) is 0 Å². The summed E-state index contributed by atoms with van der Waals surface area (Å²) in [6.07, 6.45) is -2.77. The van der Waals surface area contributed by atoms with Crippen LogP contribution in [0, 0.1) is 0 Å². The minimum absolute atomic E-state index is 0.346. The summed E-state index contributed by atoms with van der Waals surface area (Å²) in [5.74, 6) is 0.346. The van der Waals surface area contributed by atoms with Crippen LogP contribution >= 0.6 is 0 Å². The van der Waals surface area contributed by atoms with Crippen molar-refractivity contribution in [2.75, 3.05) is 26.2 Å². The van der Waals surface area contributed by atoms with Crippen molar-refractivity contribution >= 4 is 0 Å². The minimum atomic E-state index is -4.33. The van der Waals surface area contributed by atoms with Gasteiger partial charge in [-0.25, -0.2) is 4.98 Å². The summed E-state index contributed by atoms with van der Waals surface area (Å²) in [4.78, 5) is 6.61. The average molecular weight is 311 g/mol. The molecule has 0 unspecified atom stereocenters. The molecule has 0 atom stereocenters. The molecular formula is C15H16F3N3O. The van der Waals surface area contributed by atoms with Gasteiger partial charge < -0.3 is 9.73 Å². The van der Waals surface area contributed by atoms with Gasteiger partial charge in [-0.2, -0.15) is 13.2 Å². The maximum absolute atomic E-state index is 12.5. The minimum Gasteiger partial charge on any atom is -0.444 e. The molecule has 0 saturated carbocycles. The van der Waals surface area contributed by atoms with E-state index in [1.54, 1.807) is 6.26 Å². The Hall–Kier alpha value is -1.86. The Kier molecular flexibility index (Phi) is 4.17. The Bertz CT molecular complexity index is 616. The number of hydrogen-bond acceptors (Lipinski definition) is 4. The van der Waals surface area contributed by atoms with E-state index in [1.807, 2.05) is 0 Å². The number of alkyl halides is 3. The number of hydrogen-bond donors (Lipinski definition) is 1. The van der Waals surface area contributed by atoms with E-state index >= 15 is 0 Å². The van der Waals surface area contributed by atoms with Crippen LogP contribution in [0.5, 0.6) is 0 Å². The zero-order valence-electron chi connectivity index (χ0n) is 11.9. The molecule has 2 heterocycles. The Morgan fingerprint density at radius 2 is 1.82 bits per heavy atom. The molecule has 1 aliphatic heterocycles. The van der Waals surface area contributed by atoms with Gasteiger partial charge in [0.1, 0.15) is 6.26 Å². The third kappa shape index (κ3) is 3.48. The summed E-state index contributed by atoms with van der Waals surface area (Å²) in [6.45, 7) is 4.48. The second kappa shape index (κ2) is 6.10. The van der Waals surface area contributed by atoms with Crippen LogP contribution in [0.15, 0.2) is 34.9 Å². The van der Waals surface area contributed by atoms with E-state index < -0.39 is 11.7 Å². The van der Waals surface area contributed by atoms with Gasteiger partial charge in [-0.3, -0.25) is 4.90 Å². The van der Waals surface area contributed by atoms with Crippen molar-refractivity contribution in [3.63, 3.8) is 0 Å². The molecule has 1 fully saturated rings. The lowest BCUT2D eigenvalue weighted by molar-refractivity contribution is -0.137. The highest BCUT2D eigenvalue weighted by atomic mass is 19.4. The van der Waals surface area contributed by atoms with E-state index in [2.05, 4.69) is 15.2 Å². The number of nitrogens with one attached hydrogen (secondary N) is 1.